The Balaban J connectivity index is 1.38. The fraction of sp³-hybridized carbons (Fsp3) is 0.952. The van der Waals surface area contributed by atoms with E-state index in [1.54, 1.807) is 0 Å². The molecule has 4 aliphatic carbocycles. The SMILES string of the molecule is CCO[Si](C)(CCNC(=O)OCC1CC2C3CCC(C(CO)C3)C2C1)OCC. The molecule has 2 bridgehead atoms. The molecule has 4 aliphatic rings. The zero-order valence-corrected chi connectivity index (χ0v) is 18.8. The predicted octanol–water partition coefficient (Wildman–Crippen LogP) is 3.54. The van der Waals surface area contributed by atoms with Crippen LogP contribution in [0.5, 0.6) is 0 Å². The van der Waals surface area contributed by atoms with Crippen LogP contribution in [-0.4, -0.2) is 52.7 Å². The molecule has 0 aromatic carbocycles. The van der Waals surface area contributed by atoms with Gasteiger partial charge in [-0.05, 0) is 88.0 Å². The Labute approximate surface area is 170 Å². The lowest BCUT2D eigenvalue weighted by Gasteiger charge is -2.50. The Morgan fingerprint density at radius 3 is 2.46 bits per heavy atom. The van der Waals surface area contributed by atoms with Gasteiger partial charge in [-0.15, -0.1) is 0 Å². The lowest BCUT2D eigenvalue weighted by molar-refractivity contribution is -0.0288. The molecule has 4 saturated carbocycles. The topological polar surface area (TPSA) is 77.0 Å². The molecule has 0 radical (unpaired) electrons. The number of carbonyl (C=O) groups excluding carboxylic acids is 1. The average molecular weight is 414 g/mol. The van der Waals surface area contributed by atoms with Crippen molar-refractivity contribution in [2.45, 2.75) is 58.5 Å². The molecule has 1 amide bonds. The first-order valence-corrected chi connectivity index (χ1v) is 13.8. The van der Waals surface area contributed by atoms with Crippen LogP contribution < -0.4 is 5.32 Å². The third kappa shape index (κ3) is 5.10. The van der Waals surface area contributed by atoms with Crippen molar-refractivity contribution in [3.05, 3.63) is 0 Å². The number of carbonyl (C=O) groups is 1. The number of aliphatic hydroxyl groups excluding tert-OH is 1. The Bertz CT molecular complexity index is 513. The number of hydrogen-bond acceptors (Lipinski definition) is 5. The molecular formula is C21H39NO5Si. The molecule has 6 atom stereocenters. The maximum atomic E-state index is 12.1. The maximum Gasteiger partial charge on any atom is 0.407 e. The van der Waals surface area contributed by atoms with Gasteiger partial charge in [0.25, 0.3) is 0 Å². The summed E-state index contributed by atoms with van der Waals surface area (Å²) < 4.78 is 17.1. The molecule has 28 heavy (non-hydrogen) atoms. The van der Waals surface area contributed by atoms with E-state index in [1.807, 2.05) is 20.4 Å². The normalized spacial score (nSPS) is 34.3. The second kappa shape index (κ2) is 9.91. The van der Waals surface area contributed by atoms with Crippen molar-refractivity contribution in [3.63, 3.8) is 0 Å². The molecular weight excluding hydrogens is 374 g/mol. The summed E-state index contributed by atoms with van der Waals surface area (Å²) in [6.45, 7) is 8.65. The van der Waals surface area contributed by atoms with Gasteiger partial charge in [0, 0.05) is 32.4 Å². The van der Waals surface area contributed by atoms with E-state index in [1.165, 1.54) is 25.7 Å². The van der Waals surface area contributed by atoms with Gasteiger partial charge in [0.05, 0.1) is 6.61 Å². The quantitative estimate of drug-likeness (QED) is 0.536. The molecule has 4 fully saturated rings. The molecule has 7 heteroatoms. The minimum absolute atomic E-state index is 0.324. The number of hydrogen-bond donors (Lipinski definition) is 2. The van der Waals surface area contributed by atoms with E-state index in [4.69, 9.17) is 13.6 Å². The van der Waals surface area contributed by atoms with E-state index in [0.717, 1.165) is 30.2 Å². The number of rotatable bonds is 10. The Morgan fingerprint density at radius 1 is 1.07 bits per heavy atom. The van der Waals surface area contributed by atoms with Crippen molar-refractivity contribution in [1.29, 1.82) is 0 Å². The Kier molecular flexibility index (Phi) is 7.81. The average Bonchev–Trinajstić information content (AvgIpc) is 3.13. The van der Waals surface area contributed by atoms with Gasteiger partial charge in [-0.25, -0.2) is 4.79 Å². The largest absolute Gasteiger partial charge is 0.449 e. The highest BCUT2D eigenvalue weighted by Gasteiger charge is 2.52. The fourth-order valence-corrected chi connectivity index (χ4v) is 8.48. The highest BCUT2D eigenvalue weighted by molar-refractivity contribution is 6.66. The van der Waals surface area contributed by atoms with Gasteiger partial charge in [0.1, 0.15) is 0 Å². The van der Waals surface area contributed by atoms with Gasteiger partial charge >= 0.3 is 14.7 Å². The zero-order valence-electron chi connectivity index (χ0n) is 17.8. The summed E-state index contributed by atoms with van der Waals surface area (Å²) in [6.07, 6.45) is 5.85. The third-order valence-corrected chi connectivity index (χ3v) is 10.4. The van der Waals surface area contributed by atoms with Gasteiger partial charge in [0.15, 0.2) is 0 Å². The summed E-state index contributed by atoms with van der Waals surface area (Å²) in [6, 6.07) is 0.725. The summed E-state index contributed by atoms with van der Waals surface area (Å²) in [5.74, 6) is 4.00. The summed E-state index contributed by atoms with van der Waals surface area (Å²) in [4.78, 5) is 12.1. The maximum absolute atomic E-state index is 12.1. The molecule has 0 aliphatic heterocycles. The number of alkyl carbamates (subject to hydrolysis) is 1. The summed E-state index contributed by atoms with van der Waals surface area (Å²) >= 11 is 0. The van der Waals surface area contributed by atoms with E-state index in [0.29, 0.717) is 50.7 Å². The van der Waals surface area contributed by atoms with E-state index in [-0.39, 0.29) is 6.09 Å². The highest BCUT2D eigenvalue weighted by Crippen LogP contribution is 2.58. The van der Waals surface area contributed by atoms with Gasteiger partial charge in [-0.3, -0.25) is 0 Å². The Morgan fingerprint density at radius 2 is 1.79 bits per heavy atom. The monoisotopic (exact) mass is 413 g/mol. The van der Waals surface area contributed by atoms with Crippen LogP contribution in [0.1, 0.15) is 46.0 Å². The van der Waals surface area contributed by atoms with Gasteiger partial charge < -0.3 is 24.0 Å². The van der Waals surface area contributed by atoms with Crippen molar-refractivity contribution >= 4 is 14.7 Å². The van der Waals surface area contributed by atoms with Crippen molar-refractivity contribution in [2.24, 2.45) is 35.5 Å². The molecule has 0 aromatic heterocycles. The Hall–Kier alpha value is -0.633. The van der Waals surface area contributed by atoms with E-state index in [9.17, 15) is 9.90 Å². The molecule has 6 nitrogen and oxygen atoms in total. The molecule has 0 aromatic rings. The second-order valence-corrected chi connectivity index (χ2v) is 12.5. The molecule has 6 unspecified atom stereocenters. The predicted molar refractivity (Wildman–Crippen MR) is 110 cm³/mol. The number of amides is 1. The standard InChI is InChI=1S/C21H39NO5Si/c1-4-26-28(3,27-5-2)9-8-22-21(24)25-14-15-10-19-16-6-7-18(20(19)11-15)17(12-16)13-23/h15-20,23H,4-14H2,1-3H3,(H,22,24). The molecule has 4 rings (SSSR count). The van der Waals surface area contributed by atoms with Gasteiger partial charge in [0.2, 0.25) is 0 Å². The first kappa shape index (κ1) is 22.1. The lowest BCUT2D eigenvalue weighted by Crippen LogP contribution is -2.43. The minimum atomic E-state index is -2.20. The van der Waals surface area contributed by atoms with Crippen LogP contribution in [0.2, 0.25) is 12.6 Å². The molecule has 0 heterocycles. The molecule has 0 saturated heterocycles. The number of aliphatic hydroxyl groups is 1. The van der Waals surface area contributed by atoms with E-state index in [2.05, 4.69) is 5.32 Å². The first-order chi connectivity index (χ1) is 13.5. The molecule has 162 valence electrons. The number of ether oxygens (including phenoxy) is 1. The van der Waals surface area contributed by atoms with Crippen LogP contribution in [0, 0.1) is 35.5 Å². The number of fused-ring (bicyclic) bond motifs is 2. The smallest absolute Gasteiger partial charge is 0.407 e. The van der Waals surface area contributed by atoms with Crippen LogP contribution in [0.15, 0.2) is 0 Å². The highest BCUT2D eigenvalue weighted by atomic mass is 28.4. The second-order valence-electron chi connectivity index (χ2n) is 9.12. The van der Waals surface area contributed by atoms with Crippen LogP contribution in [0.25, 0.3) is 0 Å². The van der Waals surface area contributed by atoms with Crippen LogP contribution in [0.4, 0.5) is 4.79 Å². The minimum Gasteiger partial charge on any atom is -0.449 e. The van der Waals surface area contributed by atoms with Crippen LogP contribution in [0.3, 0.4) is 0 Å². The van der Waals surface area contributed by atoms with Gasteiger partial charge in [-0.2, -0.15) is 0 Å². The third-order valence-electron chi connectivity index (χ3n) is 7.43. The van der Waals surface area contributed by atoms with Gasteiger partial charge in [-0.1, -0.05) is 0 Å². The number of nitrogens with one attached hydrogen (secondary N) is 1. The van der Waals surface area contributed by atoms with E-state index >= 15 is 0 Å². The fourth-order valence-electron chi connectivity index (χ4n) is 6.31. The van der Waals surface area contributed by atoms with Crippen molar-refractivity contribution in [2.75, 3.05) is 33.0 Å². The van der Waals surface area contributed by atoms with E-state index < -0.39 is 8.56 Å². The lowest BCUT2D eigenvalue weighted by atomic mass is 9.56. The van der Waals surface area contributed by atoms with Crippen molar-refractivity contribution in [3.8, 4) is 0 Å². The summed E-state index contributed by atoms with van der Waals surface area (Å²) in [5.41, 5.74) is 0. The van der Waals surface area contributed by atoms with Crippen molar-refractivity contribution < 1.29 is 23.5 Å². The zero-order chi connectivity index (χ0) is 20.1. The van der Waals surface area contributed by atoms with Crippen molar-refractivity contribution in [1.82, 2.24) is 5.32 Å². The molecule has 2 N–H and O–H groups in total. The van der Waals surface area contributed by atoms with Crippen LogP contribution >= 0.6 is 0 Å². The summed E-state index contributed by atoms with van der Waals surface area (Å²) in [5, 5.41) is 12.6. The summed E-state index contributed by atoms with van der Waals surface area (Å²) in [7, 11) is -2.20. The molecule has 0 spiro atoms. The van der Waals surface area contributed by atoms with Crippen LogP contribution in [-0.2, 0) is 13.6 Å². The first-order valence-electron chi connectivity index (χ1n) is 11.3.